The van der Waals surface area contributed by atoms with Crippen LogP contribution in [-0.2, 0) is 4.74 Å². The zero-order chi connectivity index (χ0) is 13.7. The molecule has 0 aliphatic carbocycles. The average Bonchev–Trinajstić information content (AvgIpc) is 2.81. The second-order valence-electron chi connectivity index (χ2n) is 4.56. The molecule has 2 aromatic rings. The highest BCUT2D eigenvalue weighted by molar-refractivity contribution is 9.10. The van der Waals surface area contributed by atoms with Crippen LogP contribution in [0.1, 0.15) is 32.1 Å². The van der Waals surface area contributed by atoms with Crippen LogP contribution in [0.2, 0.25) is 0 Å². The van der Waals surface area contributed by atoms with E-state index in [1.807, 2.05) is 19.1 Å². The first-order valence-corrected chi connectivity index (χ1v) is 7.50. The van der Waals surface area contributed by atoms with Crippen LogP contribution in [-0.4, -0.2) is 19.8 Å². The molecular weight excluding hydrogens is 306 g/mol. The molecule has 0 saturated heterocycles. The maximum Gasteiger partial charge on any atom is 0.134 e. The molecule has 0 spiro atoms. The van der Waals surface area contributed by atoms with Crippen molar-refractivity contribution in [3.05, 3.63) is 34.5 Å². The largest absolute Gasteiger partial charge is 0.459 e. The summed E-state index contributed by atoms with van der Waals surface area (Å²) < 4.78 is 12.2. The van der Waals surface area contributed by atoms with Crippen LogP contribution < -0.4 is 5.32 Å². The number of nitrogens with one attached hydrogen (secondary N) is 1. The van der Waals surface area contributed by atoms with Gasteiger partial charge in [0.15, 0.2) is 0 Å². The Hall–Kier alpha value is -0.840. The van der Waals surface area contributed by atoms with Crippen molar-refractivity contribution in [3.63, 3.8) is 0 Å². The summed E-state index contributed by atoms with van der Waals surface area (Å²) in [5.74, 6) is 0.976. The zero-order valence-corrected chi connectivity index (χ0v) is 13.0. The monoisotopic (exact) mass is 325 g/mol. The minimum Gasteiger partial charge on any atom is -0.459 e. The van der Waals surface area contributed by atoms with Gasteiger partial charge >= 0.3 is 0 Å². The van der Waals surface area contributed by atoms with E-state index in [-0.39, 0.29) is 6.04 Å². The Labute approximate surface area is 122 Å². The fourth-order valence-electron chi connectivity index (χ4n) is 1.99. The van der Waals surface area contributed by atoms with E-state index >= 15 is 0 Å². The molecule has 104 valence electrons. The highest BCUT2D eigenvalue weighted by Crippen LogP contribution is 2.26. The van der Waals surface area contributed by atoms with Crippen molar-refractivity contribution < 1.29 is 9.15 Å². The number of fused-ring (bicyclic) bond motifs is 1. The second-order valence-corrected chi connectivity index (χ2v) is 5.47. The van der Waals surface area contributed by atoms with E-state index < -0.39 is 0 Å². The number of hydrogen-bond acceptors (Lipinski definition) is 3. The Morgan fingerprint density at radius 3 is 3.00 bits per heavy atom. The Morgan fingerprint density at radius 2 is 2.21 bits per heavy atom. The summed E-state index contributed by atoms with van der Waals surface area (Å²) in [6, 6.07) is 8.37. The average molecular weight is 326 g/mol. The van der Waals surface area contributed by atoms with E-state index in [0.29, 0.717) is 0 Å². The maximum absolute atomic E-state index is 5.85. The van der Waals surface area contributed by atoms with Crippen molar-refractivity contribution in [3.8, 4) is 0 Å². The number of hydrogen-bond donors (Lipinski definition) is 1. The fourth-order valence-corrected chi connectivity index (χ4v) is 2.36. The lowest BCUT2D eigenvalue weighted by atomic mass is 10.2. The number of rotatable bonds is 7. The summed E-state index contributed by atoms with van der Waals surface area (Å²) >= 11 is 3.47. The van der Waals surface area contributed by atoms with Gasteiger partial charge in [-0.2, -0.15) is 0 Å². The lowest BCUT2D eigenvalue weighted by molar-refractivity contribution is 0.144. The molecule has 1 aromatic heterocycles. The van der Waals surface area contributed by atoms with E-state index in [0.717, 1.165) is 47.4 Å². The first-order chi connectivity index (χ1) is 9.20. The molecule has 2 rings (SSSR count). The first kappa shape index (κ1) is 14.6. The van der Waals surface area contributed by atoms with E-state index in [1.54, 1.807) is 0 Å². The minimum atomic E-state index is 0.216. The van der Waals surface area contributed by atoms with Gasteiger partial charge in [0.25, 0.3) is 0 Å². The Balaban J connectivity index is 1.91. The molecule has 1 atom stereocenters. The molecule has 0 fully saturated rings. The molecule has 1 heterocycles. The van der Waals surface area contributed by atoms with Crippen molar-refractivity contribution in [2.75, 3.05) is 19.8 Å². The lowest BCUT2D eigenvalue weighted by Crippen LogP contribution is -2.20. The predicted molar refractivity (Wildman–Crippen MR) is 81.4 cm³/mol. The van der Waals surface area contributed by atoms with Crippen molar-refractivity contribution in [1.82, 2.24) is 5.32 Å². The molecule has 0 bridgehead atoms. The maximum atomic E-state index is 5.85. The summed E-state index contributed by atoms with van der Waals surface area (Å²) in [6.45, 7) is 6.66. The summed E-state index contributed by atoms with van der Waals surface area (Å²) in [6.07, 6.45) is 1.02. The highest BCUT2D eigenvalue weighted by atomic mass is 79.9. The third-order valence-corrected chi connectivity index (χ3v) is 3.54. The van der Waals surface area contributed by atoms with Gasteiger partial charge in [0, 0.05) is 23.1 Å². The number of furan rings is 1. The van der Waals surface area contributed by atoms with Crippen molar-refractivity contribution in [2.24, 2.45) is 0 Å². The van der Waals surface area contributed by atoms with Crippen LogP contribution in [0.25, 0.3) is 11.0 Å². The second kappa shape index (κ2) is 7.08. The van der Waals surface area contributed by atoms with Crippen molar-refractivity contribution in [1.29, 1.82) is 0 Å². The molecule has 19 heavy (non-hydrogen) atoms. The van der Waals surface area contributed by atoms with E-state index in [2.05, 4.69) is 40.3 Å². The van der Waals surface area contributed by atoms with Gasteiger partial charge in [-0.25, -0.2) is 0 Å². The minimum absolute atomic E-state index is 0.216. The third-order valence-electron chi connectivity index (χ3n) is 3.04. The number of benzene rings is 1. The summed E-state index contributed by atoms with van der Waals surface area (Å²) in [7, 11) is 0. The molecule has 1 aromatic carbocycles. The zero-order valence-electron chi connectivity index (χ0n) is 11.4. The normalized spacial score (nSPS) is 13.0. The van der Waals surface area contributed by atoms with Crippen LogP contribution in [0.3, 0.4) is 0 Å². The van der Waals surface area contributed by atoms with Crippen LogP contribution >= 0.6 is 15.9 Å². The predicted octanol–water partition coefficient (Wildman–Crippen LogP) is 4.27. The van der Waals surface area contributed by atoms with Crippen molar-refractivity contribution in [2.45, 2.75) is 26.3 Å². The molecule has 0 saturated carbocycles. The molecule has 0 aliphatic heterocycles. The smallest absolute Gasteiger partial charge is 0.134 e. The molecule has 0 aliphatic rings. The Morgan fingerprint density at radius 1 is 1.37 bits per heavy atom. The Bertz CT molecular complexity index is 524. The van der Waals surface area contributed by atoms with E-state index in [1.165, 1.54) is 0 Å². The van der Waals surface area contributed by atoms with Crippen LogP contribution in [0, 0.1) is 0 Å². The van der Waals surface area contributed by atoms with Gasteiger partial charge < -0.3 is 14.5 Å². The quantitative estimate of drug-likeness (QED) is 0.772. The van der Waals surface area contributed by atoms with Gasteiger partial charge in [0.05, 0.1) is 6.04 Å². The van der Waals surface area contributed by atoms with Crippen LogP contribution in [0.5, 0.6) is 0 Å². The summed E-state index contributed by atoms with van der Waals surface area (Å²) in [4.78, 5) is 0. The standard InChI is InChI=1S/C15H20BrNO2/c1-3-18-8-4-7-17-11(2)15-10-12-9-13(16)5-6-14(12)19-15/h5-6,9-11,17H,3-4,7-8H2,1-2H3. The first-order valence-electron chi connectivity index (χ1n) is 6.71. The van der Waals surface area contributed by atoms with Gasteiger partial charge in [0.1, 0.15) is 11.3 Å². The van der Waals surface area contributed by atoms with E-state index in [4.69, 9.17) is 9.15 Å². The summed E-state index contributed by atoms with van der Waals surface area (Å²) in [5.41, 5.74) is 0.932. The van der Waals surface area contributed by atoms with Gasteiger partial charge in [-0.1, -0.05) is 15.9 Å². The highest BCUT2D eigenvalue weighted by Gasteiger charge is 2.10. The molecule has 0 radical (unpaired) electrons. The molecule has 4 heteroatoms. The molecule has 0 amide bonds. The number of halogens is 1. The number of ether oxygens (including phenoxy) is 1. The third kappa shape index (κ3) is 4.06. The van der Waals surface area contributed by atoms with Crippen LogP contribution in [0.4, 0.5) is 0 Å². The van der Waals surface area contributed by atoms with Gasteiger partial charge in [-0.05, 0) is 51.1 Å². The van der Waals surface area contributed by atoms with Crippen molar-refractivity contribution >= 4 is 26.9 Å². The molecule has 1 unspecified atom stereocenters. The molecule has 3 nitrogen and oxygen atoms in total. The molecular formula is C15H20BrNO2. The lowest BCUT2D eigenvalue weighted by Gasteiger charge is -2.10. The van der Waals surface area contributed by atoms with E-state index in [9.17, 15) is 0 Å². The van der Waals surface area contributed by atoms with Gasteiger partial charge in [-0.15, -0.1) is 0 Å². The van der Waals surface area contributed by atoms with Gasteiger partial charge in [-0.3, -0.25) is 0 Å². The van der Waals surface area contributed by atoms with Crippen LogP contribution in [0.15, 0.2) is 33.2 Å². The fraction of sp³-hybridized carbons (Fsp3) is 0.467. The topological polar surface area (TPSA) is 34.4 Å². The Kier molecular flexibility index (Phi) is 5.43. The van der Waals surface area contributed by atoms with Gasteiger partial charge in [0.2, 0.25) is 0 Å². The molecule has 1 N–H and O–H groups in total. The summed E-state index contributed by atoms with van der Waals surface area (Å²) in [5, 5.41) is 4.58. The SMILES string of the molecule is CCOCCCNC(C)c1cc2cc(Br)ccc2o1.